The molecule has 2 aromatic carbocycles. The lowest BCUT2D eigenvalue weighted by atomic mass is 10.2. The van der Waals surface area contributed by atoms with Gasteiger partial charge < -0.3 is 5.32 Å². The summed E-state index contributed by atoms with van der Waals surface area (Å²) in [6.07, 6.45) is 13.2. The number of rotatable bonds is 3. The first-order valence-corrected chi connectivity index (χ1v) is 9.27. The third kappa shape index (κ3) is 2.97. The lowest BCUT2D eigenvalue weighted by Gasteiger charge is -2.09. The van der Waals surface area contributed by atoms with E-state index in [1.165, 1.54) is 5.57 Å². The number of benzene rings is 2. The van der Waals surface area contributed by atoms with Crippen molar-refractivity contribution in [3.63, 3.8) is 0 Å². The molecule has 0 amide bonds. The summed E-state index contributed by atoms with van der Waals surface area (Å²) in [5, 5.41) is 13.8. The summed E-state index contributed by atoms with van der Waals surface area (Å²) < 4.78 is 2.12. The lowest BCUT2D eigenvalue weighted by Crippen LogP contribution is -1.97. The fourth-order valence-electron chi connectivity index (χ4n) is 3.48. The lowest BCUT2D eigenvalue weighted by molar-refractivity contribution is 1.05. The molecule has 4 aromatic rings. The van der Waals surface area contributed by atoms with Crippen LogP contribution in [0.15, 0.2) is 84.9 Å². The summed E-state index contributed by atoms with van der Waals surface area (Å²) in [6, 6.07) is 14.3. The van der Waals surface area contributed by atoms with E-state index in [2.05, 4.69) is 62.4 Å². The molecule has 0 unspecified atom stereocenters. The fraction of sp³-hybridized carbons (Fsp3) is 0.0870. The molecule has 0 aliphatic heterocycles. The molecule has 1 aliphatic carbocycles. The number of allylic oxidation sites excluding steroid dienone is 6. The van der Waals surface area contributed by atoms with Gasteiger partial charge in [-0.15, -0.1) is 5.10 Å². The van der Waals surface area contributed by atoms with Gasteiger partial charge in [0.05, 0.1) is 17.2 Å². The zero-order valence-corrected chi connectivity index (χ0v) is 15.5. The van der Waals surface area contributed by atoms with E-state index < -0.39 is 0 Å². The second-order valence-electron chi connectivity index (χ2n) is 6.94. The summed E-state index contributed by atoms with van der Waals surface area (Å²) in [7, 11) is 0. The topological polar surface area (TPSA) is 55.6 Å². The quantitative estimate of drug-likeness (QED) is 0.523. The van der Waals surface area contributed by atoms with Crippen LogP contribution in [0.4, 0.5) is 11.5 Å². The van der Waals surface area contributed by atoms with Crippen LogP contribution < -0.4 is 5.32 Å². The highest BCUT2D eigenvalue weighted by atomic mass is 15.2. The molecule has 5 heteroatoms. The third-order valence-electron chi connectivity index (χ3n) is 4.90. The van der Waals surface area contributed by atoms with E-state index in [9.17, 15) is 0 Å². The average Bonchev–Trinajstić information content (AvgIpc) is 3.01. The first kappa shape index (κ1) is 16.4. The monoisotopic (exact) mass is 365 g/mol. The van der Waals surface area contributed by atoms with Crippen molar-refractivity contribution in [2.24, 2.45) is 0 Å². The Morgan fingerprint density at radius 2 is 2.04 bits per heavy atom. The van der Waals surface area contributed by atoms with Crippen LogP contribution in [0.1, 0.15) is 13.3 Å². The van der Waals surface area contributed by atoms with Gasteiger partial charge in [-0.1, -0.05) is 42.0 Å². The molecule has 2 aromatic heterocycles. The zero-order chi connectivity index (χ0) is 18.9. The minimum atomic E-state index is 0.743. The molecule has 0 atom stereocenters. The second kappa shape index (κ2) is 6.78. The first-order chi connectivity index (χ1) is 13.8. The number of hydrogen-bond donors (Lipinski definition) is 1. The van der Waals surface area contributed by atoms with E-state index >= 15 is 0 Å². The van der Waals surface area contributed by atoms with Crippen molar-refractivity contribution in [2.75, 3.05) is 5.32 Å². The Kier molecular flexibility index (Phi) is 3.98. The van der Waals surface area contributed by atoms with E-state index in [4.69, 9.17) is 0 Å². The van der Waals surface area contributed by atoms with Crippen molar-refractivity contribution in [1.82, 2.24) is 19.7 Å². The number of nitrogens with zero attached hydrogens (tertiary/aromatic N) is 4. The molecule has 2 heterocycles. The van der Waals surface area contributed by atoms with E-state index in [0.29, 0.717) is 0 Å². The van der Waals surface area contributed by atoms with Crippen molar-refractivity contribution < 1.29 is 0 Å². The minimum Gasteiger partial charge on any atom is -0.338 e. The molecule has 0 radical (unpaired) electrons. The zero-order valence-electron chi connectivity index (χ0n) is 15.5. The Hall–Kier alpha value is -3.73. The molecule has 1 N–H and O–H groups in total. The van der Waals surface area contributed by atoms with Gasteiger partial charge >= 0.3 is 0 Å². The number of aromatic nitrogens is 4. The van der Waals surface area contributed by atoms with Gasteiger partial charge in [-0.25, -0.2) is 4.98 Å². The normalized spacial score (nSPS) is 14.0. The highest BCUT2D eigenvalue weighted by Gasteiger charge is 2.09. The molecule has 0 saturated carbocycles. The van der Waals surface area contributed by atoms with Crippen molar-refractivity contribution in [3.8, 4) is 0 Å². The highest BCUT2D eigenvalue weighted by molar-refractivity contribution is 5.93. The van der Waals surface area contributed by atoms with E-state index in [-0.39, 0.29) is 0 Å². The van der Waals surface area contributed by atoms with Crippen molar-refractivity contribution >= 4 is 39.0 Å². The van der Waals surface area contributed by atoms with Crippen molar-refractivity contribution in [1.29, 1.82) is 0 Å². The van der Waals surface area contributed by atoms with Gasteiger partial charge in [0.1, 0.15) is 6.33 Å². The molecule has 1 aliphatic rings. The highest BCUT2D eigenvalue weighted by Crippen LogP contribution is 2.27. The van der Waals surface area contributed by atoms with Crippen LogP contribution in [0.5, 0.6) is 0 Å². The third-order valence-corrected chi connectivity index (χ3v) is 4.90. The van der Waals surface area contributed by atoms with Gasteiger partial charge in [-0.05, 0) is 43.7 Å². The Morgan fingerprint density at radius 1 is 1.11 bits per heavy atom. The van der Waals surface area contributed by atoms with Crippen LogP contribution in [-0.4, -0.2) is 19.7 Å². The maximum atomic E-state index is 4.61. The number of hydrogen-bond acceptors (Lipinski definition) is 4. The Bertz CT molecular complexity index is 1270. The SMILES string of the molecule is CC1=CC(n2cnc3cc(Nc4nncc5ccccc45)ccc32)=CC=CC1. The first-order valence-electron chi connectivity index (χ1n) is 9.27. The summed E-state index contributed by atoms with van der Waals surface area (Å²) in [5.74, 6) is 0.743. The molecule has 0 spiro atoms. The molecule has 0 fully saturated rings. The second-order valence-corrected chi connectivity index (χ2v) is 6.94. The molecule has 0 saturated heterocycles. The van der Waals surface area contributed by atoms with Gasteiger partial charge in [0.2, 0.25) is 0 Å². The van der Waals surface area contributed by atoms with Crippen LogP contribution in [0.2, 0.25) is 0 Å². The predicted molar refractivity (Wildman–Crippen MR) is 114 cm³/mol. The van der Waals surface area contributed by atoms with Gasteiger partial charge in [0.25, 0.3) is 0 Å². The maximum absolute atomic E-state index is 4.61. The van der Waals surface area contributed by atoms with Crippen LogP contribution in [0.25, 0.3) is 27.5 Å². The summed E-state index contributed by atoms with van der Waals surface area (Å²) in [6.45, 7) is 2.15. The van der Waals surface area contributed by atoms with Gasteiger partial charge in [0, 0.05) is 22.2 Å². The smallest absolute Gasteiger partial charge is 0.160 e. The maximum Gasteiger partial charge on any atom is 0.160 e. The van der Waals surface area contributed by atoms with Gasteiger partial charge in [-0.3, -0.25) is 4.57 Å². The Morgan fingerprint density at radius 3 is 3.00 bits per heavy atom. The van der Waals surface area contributed by atoms with E-state index in [1.807, 2.05) is 42.7 Å². The standard InChI is InChI=1S/C23H19N5/c1-16-6-2-4-8-19(12-16)28-15-24-21-13-18(10-11-22(21)28)26-23-20-9-5-3-7-17(20)14-25-27-23/h2-5,7-15H,6H2,1H3,(H,26,27). The van der Waals surface area contributed by atoms with Crippen LogP contribution in [0, 0.1) is 0 Å². The molecule has 5 nitrogen and oxygen atoms in total. The minimum absolute atomic E-state index is 0.743. The van der Waals surface area contributed by atoms with Crippen LogP contribution in [0.3, 0.4) is 0 Å². The predicted octanol–water partition coefficient (Wildman–Crippen LogP) is 5.47. The Balaban J connectivity index is 1.52. The molecular formula is C23H19N5. The van der Waals surface area contributed by atoms with E-state index in [1.54, 1.807) is 6.20 Å². The molecule has 28 heavy (non-hydrogen) atoms. The summed E-state index contributed by atoms with van der Waals surface area (Å²) in [5.41, 5.74) is 5.38. The largest absolute Gasteiger partial charge is 0.338 e. The van der Waals surface area contributed by atoms with Crippen molar-refractivity contribution in [3.05, 3.63) is 84.9 Å². The van der Waals surface area contributed by atoms with Crippen LogP contribution in [-0.2, 0) is 0 Å². The molecule has 0 bridgehead atoms. The Labute approximate surface area is 162 Å². The fourth-order valence-corrected chi connectivity index (χ4v) is 3.48. The summed E-state index contributed by atoms with van der Waals surface area (Å²) >= 11 is 0. The number of nitrogens with one attached hydrogen (secondary N) is 1. The van der Waals surface area contributed by atoms with Crippen molar-refractivity contribution in [2.45, 2.75) is 13.3 Å². The molecule has 136 valence electrons. The van der Waals surface area contributed by atoms with Gasteiger partial charge in [-0.2, -0.15) is 5.10 Å². The van der Waals surface area contributed by atoms with Crippen LogP contribution >= 0.6 is 0 Å². The average molecular weight is 365 g/mol. The molecule has 5 rings (SSSR count). The van der Waals surface area contributed by atoms with E-state index in [0.717, 1.165) is 45.4 Å². The number of anilines is 2. The summed E-state index contributed by atoms with van der Waals surface area (Å²) in [4.78, 5) is 4.61. The van der Waals surface area contributed by atoms with Gasteiger partial charge in [0.15, 0.2) is 5.82 Å². The number of imidazole rings is 1. The molecular weight excluding hydrogens is 346 g/mol. The number of fused-ring (bicyclic) bond motifs is 2.